The Hall–Kier alpha value is -1.30. The molecular formula is C16H23NO. The van der Waals surface area contributed by atoms with Crippen LogP contribution in [-0.2, 0) is 0 Å². The van der Waals surface area contributed by atoms with E-state index in [4.69, 9.17) is 0 Å². The summed E-state index contributed by atoms with van der Waals surface area (Å²) in [6, 6.07) is 9.67. The minimum Gasteiger partial charge on any atom is -0.387 e. The summed E-state index contributed by atoms with van der Waals surface area (Å²) in [5.41, 5.74) is 0.962. The van der Waals surface area contributed by atoms with Gasteiger partial charge in [0.05, 0.1) is 12.6 Å². The molecule has 2 N–H and O–H groups in total. The Morgan fingerprint density at radius 1 is 1.22 bits per heavy atom. The first-order chi connectivity index (χ1) is 8.40. The third-order valence-electron chi connectivity index (χ3n) is 2.59. The third-order valence-corrected chi connectivity index (χ3v) is 2.59. The number of hydrogen-bond donors (Lipinski definition) is 2. The van der Waals surface area contributed by atoms with E-state index in [-0.39, 0.29) is 11.5 Å². The van der Waals surface area contributed by atoms with Crippen LogP contribution in [0.5, 0.6) is 0 Å². The van der Waals surface area contributed by atoms with E-state index in [1.165, 1.54) is 0 Å². The van der Waals surface area contributed by atoms with E-state index in [2.05, 4.69) is 37.9 Å². The lowest BCUT2D eigenvalue weighted by Crippen LogP contribution is -2.32. The molecule has 2 atom stereocenters. The lowest BCUT2D eigenvalue weighted by molar-refractivity contribution is 0.138. The van der Waals surface area contributed by atoms with Crippen molar-refractivity contribution in [1.82, 2.24) is 5.32 Å². The maximum absolute atomic E-state index is 10.1. The molecule has 98 valence electrons. The summed E-state index contributed by atoms with van der Waals surface area (Å²) in [7, 11) is 0. The topological polar surface area (TPSA) is 32.3 Å². The molecule has 0 radical (unpaired) electrons. The van der Waals surface area contributed by atoms with Gasteiger partial charge < -0.3 is 10.4 Å². The van der Waals surface area contributed by atoms with Crippen LogP contribution in [0.1, 0.15) is 39.4 Å². The van der Waals surface area contributed by atoms with Crippen LogP contribution < -0.4 is 5.32 Å². The molecule has 0 amide bonds. The van der Waals surface area contributed by atoms with Crippen molar-refractivity contribution in [2.75, 3.05) is 6.54 Å². The predicted molar refractivity (Wildman–Crippen MR) is 76.1 cm³/mol. The molecular weight excluding hydrogens is 222 g/mol. The molecule has 1 aromatic carbocycles. The molecule has 1 aromatic rings. The van der Waals surface area contributed by atoms with Crippen LogP contribution in [-0.4, -0.2) is 17.7 Å². The average Bonchev–Trinajstić information content (AvgIpc) is 2.33. The zero-order valence-electron chi connectivity index (χ0n) is 11.7. The van der Waals surface area contributed by atoms with Crippen LogP contribution in [0, 0.1) is 17.3 Å². The highest BCUT2D eigenvalue weighted by molar-refractivity contribution is 5.18. The Kier molecular flexibility index (Phi) is 5.40. The van der Waals surface area contributed by atoms with Gasteiger partial charge in [0, 0.05) is 11.5 Å². The summed E-state index contributed by atoms with van der Waals surface area (Å²) in [5, 5.41) is 13.4. The molecule has 0 fully saturated rings. The molecule has 2 heteroatoms. The predicted octanol–water partition coefficient (Wildman–Crippen LogP) is 2.75. The molecule has 0 unspecified atom stereocenters. The Bertz CT molecular complexity index is 408. The summed E-state index contributed by atoms with van der Waals surface area (Å²) < 4.78 is 0. The molecule has 0 aliphatic heterocycles. The van der Waals surface area contributed by atoms with Crippen LogP contribution in [0.15, 0.2) is 30.3 Å². The van der Waals surface area contributed by atoms with Gasteiger partial charge in [-0.15, -0.1) is 0 Å². The van der Waals surface area contributed by atoms with E-state index in [0.717, 1.165) is 5.56 Å². The van der Waals surface area contributed by atoms with Crippen molar-refractivity contribution in [3.8, 4) is 11.8 Å². The monoisotopic (exact) mass is 245 g/mol. The second-order valence-corrected chi connectivity index (χ2v) is 5.58. The number of nitrogens with one attached hydrogen (secondary N) is 1. The summed E-state index contributed by atoms with van der Waals surface area (Å²) in [6.07, 6.45) is -0.498. The van der Waals surface area contributed by atoms with Crippen molar-refractivity contribution in [3.63, 3.8) is 0 Å². The normalized spacial score (nSPS) is 14.5. The zero-order chi connectivity index (χ0) is 13.6. The number of benzene rings is 1. The Morgan fingerprint density at radius 2 is 1.83 bits per heavy atom. The highest BCUT2D eigenvalue weighted by Gasteiger charge is 2.14. The van der Waals surface area contributed by atoms with Gasteiger partial charge in [-0.05, 0) is 33.3 Å². The van der Waals surface area contributed by atoms with E-state index in [9.17, 15) is 5.11 Å². The van der Waals surface area contributed by atoms with Crippen molar-refractivity contribution in [3.05, 3.63) is 35.9 Å². The van der Waals surface area contributed by atoms with E-state index in [1.54, 1.807) is 0 Å². The lowest BCUT2D eigenvalue weighted by atomic mass is 9.98. The minimum absolute atomic E-state index is 0.0123. The Morgan fingerprint density at radius 3 is 2.39 bits per heavy atom. The van der Waals surface area contributed by atoms with Crippen LogP contribution >= 0.6 is 0 Å². The van der Waals surface area contributed by atoms with Gasteiger partial charge in [-0.1, -0.05) is 42.2 Å². The van der Waals surface area contributed by atoms with Crippen molar-refractivity contribution >= 4 is 0 Å². The molecule has 18 heavy (non-hydrogen) atoms. The van der Waals surface area contributed by atoms with Gasteiger partial charge >= 0.3 is 0 Å². The first kappa shape index (κ1) is 14.8. The smallest absolute Gasteiger partial charge is 0.0940 e. The fraction of sp³-hybridized carbons (Fsp3) is 0.500. The highest BCUT2D eigenvalue weighted by Crippen LogP contribution is 2.15. The van der Waals surface area contributed by atoms with Gasteiger partial charge in [0.15, 0.2) is 0 Å². The number of aliphatic hydroxyl groups excluding tert-OH is 1. The van der Waals surface area contributed by atoms with Crippen LogP contribution in [0.25, 0.3) is 0 Å². The quantitative estimate of drug-likeness (QED) is 0.799. The first-order valence-corrected chi connectivity index (χ1v) is 6.36. The van der Waals surface area contributed by atoms with Crippen LogP contribution in [0.2, 0.25) is 0 Å². The summed E-state index contributed by atoms with van der Waals surface area (Å²) >= 11 is 0. The van der Waals surface area contributed by atoms with Gasteiger partial charge in [0.25, 0.3) is 0 Å². The third kappa shape index (κ3) is 5.35. The number of hydrogen-bond acceptors (Lipinski definition) is 2. The summed E-state index contributed by atoms with van der Waals surface area (Å²) in [5.74, 6) is 6.25. The molecule has 0 heterocycles. The molecule has 0 spiro atoms. The van der Waals surface area contributed by atoms with Crippen LogP contribution in [0.3, 0.4) is 0 Å². The molecule has 0 aliphatic carbocycles. The molecule has 0 aromatic heterocycles. The van der Waals surface area contributed by atoms with E-state index < -0.39 is 6.10 Å². The standard InChI is InChI=1S/C16H23NO/c1-13(17-12-8-11-16(2,3)4)15(18)14-9-6-5-7-10-14/h5-7,9-10,13,15,17-18H,12H2,1-4H3/t13-,15-/m1/s1. The first-order valence-electron chi connectivity index (χ1n) is 6.36. The Labute approximate surface area is 110 Å². The van der Waals surface area contributed by atoms with Gasteiger partial charge in [-0.25, -0.2) is 0 Å². The fourth-order valence-corrected chi connectivity index (χ4v) is 1.57. The zero-order valence-corrected chi connectivity index (χ0v) is 11.7. The minimum atomic E-state index is -0.498. The van der Waals surface area contributed by atoms with Crippen molar-refractivity contribution in [2.24, 2.45) is 5.41 Å². The largest absolute Gasteiger partial charge is 0.387 e. The SMILES string of the molecule is C[C@@H](NCC#CC(C)(C)C)[C@@H](O)c1ccccc1. The van der Waals surface area contributed by atoms with Crippen molar-refractivity contribution < 1.29 is 5.11 Å². The van der Waals surface area contributed by atoms with E-state index in [0.29, 0.717) is 6.54 Å². The average molecular weight is 245 g/mol. The lowest BCUT2D eigenvalue weighted by Gasteiger charge is -2.19. The Balaban J connectivity index is 2.46. The maximum atomic E-state index is 10.1. The van der Waals surface area contributed by atoms with Crippen LogP contribution in [0.4, 0.5) is 0 Å². The molecule has 0 saturated heterocycles. The van der Waals surface area contributed by atoms with Crippen molar-refractivity contribution in [1.29, 1.82) is 0 Å². The molecule has 0 bridgehead atoms. The molecule has 2 nitrogen and oxygen atoms in total. The molecule has 0 saturated carbocycles. The van der Waals surface area contributed by atoms with Gasteiger partial charge in [-0.2, -0.15) is 0 Å². The molecule has 0 aliphatic rings. The maximum Gasteiger partial charge on any atom is 0.0940 e. The van der Waals surface area contributed by atoms with Crippen molar-refractivity contribution in [2.45, 2.75) is 39.8 Å². The second-order valence-electron chi connectivity index (χ2n) is 5.58. The second kappa shape index (κ2) is 6.58. The number of rotatable bonds is 4. The fourth-order valence-electron chi connectivity index (χ4n) is 1.57. The van der Waals surface area contributed by atoms with E-state index in [1.807, 2.05) is 37.3 Å². The highest BCUT2D eigenvalue weighted by atomic mass is 16.3. The van der Waals surface area contributed by atoms with Gasteiger partial charge in [-0.3, -0.25) is 0 Å². The van der Waals surface area contributed by atoms with E-state index >= 15 is 0 Å². The van der Waals surface area contributed by atoms with Gasteiger partial charge in [0.2, 0.25) is 0 Å². The van der Waals surface area contributed by atoms with Gasteiger partial charge in [0.1, 0.15) is 0 Å². The molecule has 1 rings (SSSR count). The summed E-state index contributed by atoms with van der Waals surface area (Å²) in [4.78, 5) is 0. The summed E-state index contributed by atoms with van der Waals surface area (Å²) in [6.45, 7) is 8.82. The number of aliphatic hydroxyl groups is 1.